The molecule has 0 aromatic heterocycles. The van der Waals surface area contributed by atoms with Crippen LogP contribution >= 0.6 is 0 Å². The molecule has 0 spiro atoms. The summed E-state index contributed by atoms with van der Waals surface area (Å²) in [7, 11) is 0.353. The Morgan fingerprint density at radius 1 is 0.909 bits per heavy atom. The summed E-state index contributed by atoms with van der Waals surface area (Å²) in [6.07, 6.45) is -10.8. The summed E-state index contributed by atoms with van der Waals surface area (Å²) in [6, 6.07) is 0. The number of alkyl halides is 6. The van der Waals surface area contributed by atoms with Gasteiger partial charge in [-0.2, -0.15) is 26.3 Å². The predicted octanol–water partition coefficient (Wildman–Crippen LogP) is 1.83. The highest BCUT2D eigenvalue weighted by atomic mass is 19.4. The number of rotatable bonds is 1. The van der Waals surface area contributed by atoms with Crippen LogP contribution in [0, 0.1) is 0 Å². The maximum absolute atomic E-state index is 11.4. The molecule has 0 bridgehead atoms. The van der Waals surface area contributed by atoms with Gasteiger partial charge in [0.05, 0.1) is 0 Å². The molecule has 0 saturated carbocycles. The lowest BCUT2D eigenvalue weighted by Crippen LogP contribution is -2.49. The summed E-state index contributed by atoms with van der Waals surface area (Å²) in [5.41, 5.74) is 0. The summed E-state index contributed by atoms with van der Waals surface area (Å²) in [5.74, 6) is 0. The van der Waals surface area contributed by atoms with Crippen LogP contribution in [0.1, 0.15) is 0 Å². The van der Waals surface area contributed by atoms with Gasteiger partial charge < -0.3 is 4.65 Å². The third-order valence-electron chi connectivity index (χ3n) is 0.830. The van der Waals surface area contributed by atoms with Crippen molar-refractivity contribution in [2.24, 2.45) is 0 Å². The second-order valence-electron chi connectivity index (χ2n) is 1.70. The monoisotopic (exact) mass is 180 g/mol. The fourth-order valence-corrected chi connectivity index (χ4v) is 0.453. The van der Waals surface area contributed by atoms with Gasteiger partial charge in [0, 0.05) is 7.11 Å². The smallest absolute Gasteiger partial charge is 0.424 e. The lowest BCUT2D eigenvalue weighted by atomic mass is 9.66. The molecule has 0 rings (SSSR count). The molecule has 0 aliphatic heterocycles. The Morgan fingerprint density at radius 2 is 1.18 bits per heavy atom. The molecule has 0 radical (unpaired) electrons. The van der Waals surface area contributed by atoms with E-state index in [0.717, 1.165) is 0 Å². The van der Waals surface area contributed by atoms with E-state index in [-0.39, 0.29) is 0 Å². The predicted molar refractivity (Wildman–Crippen MR) is 24.9 cm³/mol. The van der Waals surface area contributed by atoms with Crippen LogP contribution in [-0.4, -0.2) is 26.2 Å². The lowest BCUT2D eigenvalue weighted by Gasteiger charge is -2.16. The molecule has 0 N–H and O–H groups in total. The number of halogens is 6. The molecule has 0 aliphatic rings. The summed E-state index contributed by atoms with van der Waals surface area (Å²) in [5, 5.41) is 0. The molecule has 66 valence electrons. The zero-order valence-electron chi connectivity index (χ0n) is 5.25. The normalized spacial score (nSPS) is 13.4. The average Bonchev–Trinajstić information content (AvgIpc) is 1.56. The Bertz CT molecular complexity index is 113. The van der Waals surface area contributed by atoms with E-state index >= 15 is 0 Å². The van der Waals surface area contributed by atoms with Crippen LogP contribution in [0.25, 0.3) is 0 Å². The minimum Gasteiger partial charge on any atom is -0.424 e. The van der Waals surface area contributed by atoms with Crippen LogP contribution < -0.4 is 0 Å². The maximum Gasteiger partial charge on any atom is 0.540 e. The Morgan fingerprint density at radius 3 is 1.18 bits per heavy atom. The highest BCUT2D eigenvalue weighted by Crippen LogP contribution is 2.31. The molecule has 1 nitrogen and oxygen atoms in total. The van der Waals surface area contributed by atoms with E-state index in [1.54, 1.807) is 0 Å². The molecule has 0 unspecified atom stereocenters. The Balaban J connectivity index is 4.43. The summed E-state index contributed by atoms with van der Waals surface area (Å²) >= 11 is 0. The van der Waals surface area contributed by atoms with Gasteiger partial charge in [-0.25, -0.2) is 0 Å². The molecule has 0 aromatic rings. The van der Waals surface area contributed by atoms with Crippen LogP contribution in [0.4, 0.5) is 26.3 Å². The SMILES string of the molecule is COB(C(F)(F)F)C(F)(F)F. The van der Waals surface area contributed by atoms with Crippen molar-refractivity contribution in [3.63, 3.8) is 0 Å². The van der Waals surface area contributed by atoms with Gasteiger partial charge in [0.25, 0.3) is 0 Å². The zero-order valence-corrected chi connectivity index (χ0v) is 5.25. The van der Waals surface area contributed by atoms with Gasteiger partial charge in [0.15, 0.2) is 0 Å². The van der Waals surface area contributed by atoms with Crippen molar-refractivity contribution >= 4 is 6.92 Å². The number of hydrogen-bond donors (Lipinski definition) is 0. The quantitative estimate of drug-likeness (QED) is 0.441. The Labute approximate surface area is 58.4 Å². The molecule has 0 heterocycles. The summed E-state index contributed by atoms with van der Waals surface area (Å²) in [4.78, 5) is 0. The van der Waals surface area contributed by atoms with Crippen LogP contribution in [0.15, 0.2) is 0 Å². The molecular formula is C3H3BF6O. The van der Waals surface area contributed by atoms with Crippen molar-refractivity contribution in [1.29, 1.82) is 0 Å². The molecule has 0 aromatic carbocycles. The topological polar surface area (TPSA) is 9.23 Å². The van der Waals surface area contributed by atoms with Crippen molar-refractivity contribution in [1.82, 2.24) is 0 Å². The van der Waals surface area contributed by atoms with Crippen LogP contribution in [0.5, 0.6) is 0 Å². The van der Waals surface area contributed by atoms with Crippen molar-refractivity contribution < 1.29 is 31.0 Å². The summed E-state index contributed by atoms with van der Waals surface area (Å²) in [6.45, 7) is -3.69. The fourth-order valence-electron chi connectivity index (χ4n) is 0.453. The van der Waals surface area contributed by atoms with Gasteiger partial charge in [-0.05, 0) is 0 Å². The first kappa shape index (κ1) is 10.6. The standard InChI is InChI=1S/C3H3BF6O/c1-11-4(2(5,6)7)3(8,9)10/h1H3. The van der Waals surface area contributed by atoms with Crippen molar-refractivity contribution in [3.8, 4) is 0 Å². The molecule has 0 fully saturated rings. The minimum atomic E-state index is -5.40. The van der Waals surface area contributed by atoms with E-state index in [0.29, 0.717) is 7.11 Å². The molecule has 11 heavy (non-hydrogen) atoms. The van der Waals surface area contributed by atoms with Crippen molar-refractivity contribution in [3.05, 3.63) is 0 Å². The van der Waals surface area contributed by atoms with Gasteiger partial charge in [0.1, 0.15) is 0 Å². The summed E-state index contributed by atoms with van der Waals surface area (Å²) < 4.78 is 71.5. The minimum absolute atomic E-state index is 0.353. The largest absolute Gasteiger partial charge is 0.540 e. The molecule has 0 atom stereocenters. The van der Waals surface area contributed by atoms with E-state index in [1.807, 2.05) is 0 Å². The van der Waals surface area contributed by atoms with Gasteiger partial charge in [-0.1, -0.05) is 0 Å². The first-order valence-corrected chi connectivity index (χ1v) is 2.36. The van der Waals surface area contributed by atoms with Gasteiger partial charge in [-0.3, -0.25) is 0 Å². The van der Waals surface area contributed by atoms with Gasteiger partial charge >= 0.3 is 19.1 Å². The third kappa shape index (κ3) is 3.00. The van der Waals surface area contributed by atoms with Crippen molar-refractivity contribution in [2.45, 2.75) is 12.2 Å². The number of hydrogen-bond acceptors (Lipinski definition) is 1. The molecular weight excluding hydrogens is 177 g/mol. The lowest BCUT2D eigenvalue weighted by molar-refractivity contribution is -0.123. The zero-order chi connectivity index (χ0) is 9.28. The van der Waals surface area contributed by atoms with Crippen LogP contribution in [0.2, 0.25) is 0 Å². The molecule has 0 amide bonds. The highest BCUT2D eigenvalue weighted by Gasteiger charge is 2.63. The molecule has 8 heteroatoms. The Hall–Kier alpha value is -0.395. The van der Waals surface area contributed by atoms with E-state index in [1.165, 1.54) is 0 Å². The van der Waals surface area contributed by atoms with E-state index in [9.17, 15) is 26.3 Å². The van der Waals surface area contributed by atoms with Crippen LogP contribution in [0.3, 0.4) is 0 Å². The Kier molecular flexibility index (Phi) is 2.82. The second kappa shape index (κ2) is 2.92. The van der Waals surface area contributed by atoms with Gasteiger partial charge in [-0.15, -0.1) is 0 Å². The van der Waals surface area contributed by atoms with E-state index in [2.05, 4.69) is 4.65 Å². The van der Waals surface area contributed by atoms with Crippen molar-refractivity contribution in [2.75, 3.05) is 7.11 Å². The maximum atomic E-state index is 11.4. The molecule has 0 aliphatic carbocycles. The van der Waals surface area contributed by atoms with Gasteiger partial charge in [0.2, 0.25) is 0 Å². The highest BCUT2D eigenvalue weighted by molar-refractivity contribution is 6.56. The first-order valence-electron chi connectivity index (χ1n) is 2.36. The van der Waals surface area contributed by atoms with E-state index in [4.69, 9.17) is 0 Å². The average molecular weight is 180 g/mol. The van der Waals surface area contributed by atoms with E-state index < -0.39 is 19.1 Å². The molecule has 0 saturated heterocycles. The fraction of sp³-hybridized carbons (Fsp3) is 1.00. The first-order chi connectivity index (χ1) is 4.69. The second-order valence-corrected chi connectivity index (χ2v) is 1.70. The van der Waals surface area contributed by atoms with Crippen LogP contribution in [-0.2, 0) is 4.65 Å². The third-order valence-corrected chi connectivity index (χ3v) is 0.830.